The molecule has 0 saturated heterocycles. The van der Waals surface area contributed by atoms with Crippen molar-refractivity contribution in [2.75, 3.05) is 13.6 Å². The Morgan fingerprint density at radius 3 is 3.00 bits per heavy atom. The summed E-state index contributed by atoms with van der Waals surface area (Å²) in [6.07, 6.45) is 6.75. The molecule has 0 bridgehead atoms. The minimum Gasteiger partial charge on any atom is -0.389 e. The van der Waals surface area contributed by atoms with Crippen molar-refractivity contribution in [3.8, 4) is 0 Å². The zero-order valence-corrected chi connectivity index (χ0v) is 12.5. The molecule has 0 amide bonds. The number of aromatic nitrogens is 2. The van der Waals surface area contributed by atoms with Crippen LogP contribution in [0.3, 0.4) is 0 Å². The molecule has 1 aromatic heterocycles. The number of aryl methyl sites for hydroxylation is 1. The van der Waals surface area contributed by atoms with E-state index in [0.29, 0.717) is 4.99 Å². The van der Waals surface area contributed by atoms with Gasteiger partial charge in [-0.25, -0.2) is 4.98 Å². The summed E-state index contributed by atoms with van der Waals surface area (Å²) in [4.78, 5) is 6.79. The molecule has 1 heterocycles. The van der Waals surface area contributed by atoms with Crippen molar-refractivity contribution in [3.05, 3.63) is 54.1 Å². The molecule has 2 N–H and O–H groups in total. The van der Waals surface area contributed by atoms with Gasteiger partial charge in [0.2, 0.25) is 0 Å². The van der Waals surface area contributed by atoms with Crippen LogP contribution in [0.1, 0.15) is 17.5 Å². The summed E-state index contributed by atoms with van der Waals surface area (Å²) in [7, 11) is 2.13. The minimum absolute atomic E-state index is 0.453. The first kappa shape index (κ1) is 14.7. The molecule has 0 unspecified atom stereocenters. The van der Waals surface area contributed by atoms with Crippen LogP contribution in [0.25, 0.3) is 0 Å². The molecule has 0 fully saturated rings. The highest BCUT2D eigenvalue weighted by Gasteiger charge is 2.03. The number of thiocarbonyl (C=S) groups is 1. The van der Waals surface area contributed by atoms with Gasteiger partial charge >= 0.3 is 0 Å². The highest BCUT2D eigenvalue weighted by atomic mass is 32.1. The molecule has 20 heavy (non-hydrogen) atoms. The summed E-state index contributed by atoms with van der Waals surface area (Å²) in [5.74, 6) is 0. The molecule has 0 saturated carbocycles. The molecule has 4 nitrogen and oxygen atoms in total. The molecule has 1 aromatic carbocycles. The van der Waals surface area contributed by atoms with E-state index in [1.54, 1.807) is 0 Å². The first-order valence-corrected chi connectivity index (χ1v) is 7.09. The van der Waals surface area contributed by atoms with Crippen LogP contribution in [0.4, 0.5) is 0 Å². The van der Waals surface area contributed by atoms with E-state index >= 15 is 0 Å². The smallest absolute Gasteiger partial charge is 0.103 e. The lowest BCUT2D eigenvalue weighted by Crippen LogP contribution is -2.20. The summed E-state index contributed by atoms with van der Waals surface area (Å²) < 4.78 is 2.10. The zero-order chi connectivity index (χ0) is 14.4. The van der Waals surface area contributed by atoms with Crippen molar-refractivity contribution < 1.29 is 0 Å². The maximum Gasteiger partial charge on any atom is 0.103 e. The average Bonchev–Trinajstić information content (AvgIpc) is 2.92. The molecule has 2 aromatic rings. The summed E-state index contributed by atoms with van der Waals surface area (Å²) in [5, 5.41) is 0. The van der Waals surface area contributed by atoms with E-state index in [0.717, 1.165) is 31.6 Å². The average molecular weight is 288 g/mol. The summed E-state index contributed by atoms with van der Waals surface area (Å²) in [5.41, 5.74) is 7.83. The van der Waals surface area contributed by atoms with Crippen LogP contribution in [-0.2, 0) is 13.1 Å². The molecular formula is C15H20N4S. The van der Waals surface area contributed by atoms with Gasteiger partial charge < -0.3 is 15.2 Å². The fourth-order valence-electron chi connectivity index (χ4n) is 2.16. The third kappa shape index (κ3) is 4.43. The van der Waals surface area contributed by atoms with E-state index in [9.17, 15) is 0 Å². The quantitative estimate of drug-likeness (QED) is 0.792. The first-order chi connectivity index (χ1) is 9.65. The number of rotatable bonds is 7. The number of nitrogens with two attached hydrogens (primary N) is 1. The molecule has 0 aliphatic rings. The van der Waals surface area contributed by atoms with Crippen LogP contribution in [0.15, 0.2) is 43.0 Å². The van der Waals surface area contributed by atoms with Crippen LogP contribution in [0, 0.1) is 0 Å². The summed E-state index contributed by atoms with van der Waals surface area (Å²) in [6.45, 7) is 2.94. The van der Waals surface area contributed by atoms with Gasteiger partial charge in [-0.2, -0.15) is 0 Å². The number of benzene rings is 1. The number of imidazole rings is 1. The molecule has 0 spiro atoms. The van der Waals surface area contributed by atoms with Crippen LogP contribution in [-0.4, -0.2) is 33.0 Å². The van der Waals surface area contributed by atoms with E-state index < -0.39 is 0 Å². The van der Waals surface area contributed by atoms with Crippen LogP contribution < -0.4 is 5.73 Å². The number of nitrogens with zero attached hydrogens (tertiary/aromatic N) is 3. The second-order valence-electron chi connectivity index (χ2n) is 4.96. The number of hydrogen-bond donors (Lipinski definition) is 1. The van der Waals surface area contributed by atoms with Gasteiger partial charge in [0.15, 0.2) is 0 Å². The predicted molar refractivity (Wildman–Crippen MR) is 85.5 cm³/mol. The van der Waals surface area contributed by atoms with Gasteiger partial charge in [0.1, 0.15) is 4.99 Å². The highest BCUT2D eigenvalue weighted by Crippen LogP contribution is 2.08. The van der Waals surface area contributed by atoms with Crippen molar-refractivity contribution in [3.63, 3.8) is 0 Å². The number of hydrogen-bond acceptors (Lipinski definition) is 3. The van der Waals surface area contributed by atoms with E-state index in [-0.39, 0.29) is 0 Å². The summed E-state index contributed by atoms with van der Waals surface area (Å²) in [6, 6.07) is 8.12. The van der Waals surface area contributed by atoms with Crippen LogP contribution in [0.2, 0.25) is 0 Å². The van der Waals surface area contributed by atoms with Crippen molar-refractivity contribution in [1.82, 2.24) is 14.5 Å². The third-order valence-electron chi connectivity index (χ3n) is 3.18. The Kier molecular flexibility index (Phi) is 5.26. The highest BCUT2D eigenvalue weighted by molar-refractivity contribution is 7.80. The van der Waals surface area contributed by atoms with Crippen molar-refractivity contribution in [2.45, 2.75) is 19.5 Å². The van der Waals surface area contributed by atoms with Crippen molar-refractivity contribution in [2.24, 2.45) is 5.73 Å². The van der Waals surface area contributed by atoms with Gasteiger partial charge in [-0.3, -0.25) is 0 Å². The SMILES string of the molecule is CN(CCCn1ccnc1)Cc1cccc(C(N)=S)c1. The molecular weight excluding hydrogens is 268 g/mol. The topological polar surface area (TPSA) is 47.1 Å². The Labute approximate surface area is 125 Å². The molecule has 106 valence electrons. The Hall–Kier alpha value is -1.72. The lowest BCUT2D eigenvalue weighted by atomic mass is 10.1. The summed E-state index contributed by atoms with van der Waals surface area (Å²) >= 11 is 5.01. The lowest BCUT2D eigenvalue weighted by molar-refractivity contribution is 0.314. The standard InChI is InChI=1S/C15H20N4S/c1-18(7-3-8-19-9-6-17-12-19)11-13-4-2-5-14(10-13)15(16)20/h2,4-6,9-10,12H,3,7-8,11H2,1H3,(H2,16,20). The van der Waals surface area contributed by atoms with Gasteiger partial charge in [-0.05, 0) is 31.6 Å². The van der Waals surface area contributed by atoms with E-state index in [2.05, 4.69) is 33.6 Å². The second-order valence-corrected chi connectivity index (χ2v) is 5.40. The molecule has 0 radical (unpaired) electrons. The Bertz CT molecular complexity index is 551. The fourth-order valence-corrected chi connectivity index (χ4v) is 2.28. The normalized spacial score (nSPS) is 10.9. The Morgan fingerprint density at radius 1 is 1.45 bits per heavy atom. The Morgan fingerprint density at radius 2 is 2.30 bits per heavy atom. The third-order valence-corrected chi connectivity index (χ3v) is 3.42. The van der Waals surface area contributed by atoms with E-state index in [1.165, 1.54) is 5.56 Å². The molecule has 0 aliphatic carbocycles. The van der Waals surface area contributed by atoms with E-state index in [4.69, 9.17) is 18.0 Å². The lowest BCUT2D eigenvalue weighted by Gasteiger charge is -2.17. The first-order valence-electron chi connectivity index (χ1n) is 6.68. The second kappa shape index (κ2) is 7.17. The molecule has 5 heteroatoms. The molecule has 0 atom stereocenters. The molecule has 0 aliphatic heterocycles. The molecule has 2 rings (SSSR count). The monoisotopic (exact) mass is 288 g/mol. The maximum absolute atomic E-state index is 5.66. The van der Waals surface area contributed by atoms with Gasteiger partial charge in [0, 0.05) is 31.0 Å². The maximum atomic E-state index is 5.66. The zero-order valence-electron chi connectivity index (χ0n) is 11.7. The Balaban J connectivity index is 1.80. The van der Waals surface area contributed by atoms with Crippen molar-refractivity contribution in [1.29, 1.82) is 0 Å². The minimum atomic E-state index is 0.453. The predicted octanol–water partition coefficient (Wildman–Crippen LogP) is 2.04. The van der Waals surface area contributed by atoms with Gasteiger partial charge in [0.25, 0.3) is 0 Å². The van der Waals surface area contributed by atoms with Crippen LogP contribution >= 0.6 is 12.2 Å². The van der Waals surface area contributed by atoms with Crippen LogP contribution in [0.5, 0.6) is 0 Å². The van der Waals surface area contributed by atoms with E-state index in [1.807, 2.05) is 30.9 Å². The van der Waals surface area contributed by atoms with Gasteiger partial charge in [-0.15, -0.1) is 0 Å². The van der Waals surface area contributed by atoms with Gasteiger partial charge in [0.05, 0.1) is 6.33 Å². The largest absolute Gasteiger partial charge is 0.389 e. The van der Waals surface area contributed by atoms with Crippen molar-refractivity contribution >= 4 is 17.2 Å². The fraction of sp³-hybridized carbons (Fsp3) is 0.333. The van der Waals surface area contributed by atoms with Gasteiger partial charge in [-0.1, -0.05) is 30.4 Å².